The van der Waals surface area contributed by atoms with E-state index in [9.17, 15) is 9.59 Å². The van der Waals surface area contributed by atoms with Crippen molar-refractivity contribution >= 4 is 11.6 Å². The molecular formula is C34H34O3. The number of ether oxygens (including phenoxy) is 1. The predicted molar refractivity (Wildman–Crippen MR) is 151 cm³/mol. The van der Waals surface area contributed by atoms with Crippen LogP contribution in [0.4, 0.5) is 0 Å². The Morgan fingerprint density at radius 1 is 0.378 bits per heavy atom. The fourth-order valence-electron chi connectivity index (χ4n) is 4.73. The Morgan fingerprint density at radius 2 is 0.649 bits per heavy atom. The molecule has 1 aliphatic carbocycles. The molecule has 4 aromatic rings. The second-order valence-electron chi connectivity index (χ2n) is 10.2. The van der Waals surface area contributed by atoms with E-state index in [1.54, 1.807) is 0 Å². The molecule has 0 saturated carbocycles. The molecule has 0 amide bonds. The third-order valence-corrected chi connectivity index (χ3v) is 7.34. The SMILES string of the molecule is Cc1ccc(C)c2c1C(=O)c1c(C)ccc(C)c1C2=O.Cc1ccc(Oc2ccc(C)c(C)c2)cc1C. The van der Waals surface area contributed by atoms with Crippen LogP contribution < -0.4 is 4.74 Å². The van der Waals surface area contributed by atoms with Crippen molar-refractivity contribution in [1.82, 2.24) is 0 Å². The Kier molecular flexibility index (Phi) is 7.18. The van der Waals surface area contributed by atoms with Crippen molar-refractivity contribution in [2.45, 2.75) is 55.4 Å². The zero-order chi connectivity index (χ0) is 27.0. The number of carbonyl (C=O) groups excluding carboxylic acids is 2. The number of rotatable bonds is 2. The lowest BCUT2D eigenvalue weighted by molar-refractivity contribution is 0.0977. The van der Waals surface area contributed by atoms with Crippen LogP contribution in [0.25, 0.3) is 0 Å². The molecule has 4 aromatic carbocycles. The topological polar surface area (TPSA) is 43.4 Å². The molecule has 0 aliphatic heterocycles. The molecule has 0 aromatic heterocycles. The minimum atomic E-state index is -0.0167. The van der Waals surface area contributed by atoms with Crippen LogP contribution in [0.5, 0.6) is 11.5 Å². The van der Waals surface area contributed by atoms with Crippen molar-refractivity contribution in [2.24, 2.45) is 0 Å². The van der Waals surface area contributed by atoms with Crippen LogP contribution in [0.3, 0.4) is 0 Å². The van der Waals surface area contributed by atoms with Crippen LogP contribution in [-0.4, -0.2) is 11.6 Å². The fraction of sp³-hybridized carbons (Fsp3) is 0.235. The van der Waals surface area contributed by atoms with Gasteiger partial charge in [0.05, 0.1) is 0 Å². The van der Waals surface area contributed by atoms with Gasteiger partial charge in [0.25, 0.3) is 0 Å². The highest BCUT2D eigenvalue weighted by Crippen LogP contribution is 2.34. The van der Waals surface area contributed by atoms with Gasteiger partial charge in [0.2, 0.25) is 0 Å². The Bertz CT molecular complexity index is 1380. The number of carbonyl (C=O) groups is 2. The van der Waals surface area contributed by atoms with Gasteiger partial charge >= 0.3 is 0 Å². The molecule has 0 bridgehead atoms. The summed E-state index contributed by atoms with van der Waals surface area (Å²) < 4.78 is 5.85. The standard InChI is InChI=1S/C18H16O2.C16H18O/c1-9-5-6-10(2)14-13(9)17(19)15-11(3)7-8-12(4)16(15)18(14)20;1-11-5-7-15(9-13(11)3)17-16-8-6-12(2)14(4)10-16/h5-8H,1-4H3;5-10H,1-4H3. The summed E-state index contributed by atoms with van der Waals surface area (Å²) in [5.74, 6) is 1.77. The molecule has 3 nitrogen and oxygen atoms in total. The molecule has 0 heterocycles. The highest BCUT2D eigenvalue weighted by atomic mass is 16.5. The average molecular weight is 491 g/mol. The number of hydrogen-bond donors (Lipinski definition) is 0. The van der Waals surface area contributed by atoms with Crippen molar-refractivity contribution in [2.75, 3.05) is 0 Å². The molecule has 37 heavy (non-hydrogen) atoms. The molecular weight excluding hydrogens is 456 g/mol. The normalized spacial score (nSPS) is 11.9. The highest BCUT2D eigenvalue weighted by molar-refractivity contribution is 6.30. The highest BCUT2D eigenvalue weighted by Gasteiger charge is 2.34. The molecule has 0 spiro atoms. The van der Waals surface area contributed by atoms with Crippen LogP contribution in [0.15, 0.2) is 60.7 Å². The molecule has 5 rings (SSSR count). The van der Waals surface area contributed by atoms with Crippen molar-refractivity contribution in [3.63, 3.8) is 0 Å². The van der Waals surface area contributed by atoms with E-state index in [1.165, 1.54) is 22.3 Å². The summed E-state index contributed by atoms with van der Waals surface area (Å²) in [4.78, 5) is 25.7. The summed E-state index contributed by atoms with van der Waals surface area (Å²) >= 11 is 0. The largest absolute Gasteiger partial charge is 0.457 e. The quantitative estimate of drug-likeness (QED) is 0.249. The first-order valence-electron chi connectivity index (χ1n) is 12.6. The summed E-state index contributed by atoms with van der Waals surface area (Å²) in [6, 6.07) is 20.0. The molecule has 188 valence electrons. The first kappa shape index (κ1) is 26.1. The zero-order valence-corrected chi connectivity index (χ0v) is 23.0. The average Bonchev–Trinajstić information content (AvgIpc) is 2.85. The van der Waals surface area contributed by atoms with E-state index in [1.807, 2.05) is 64.1 Å². The predicted octanol–water partition coefficient (Wildman–Crippen LogP) is 8.41. The van der Waals surface area contributed by atoms with Gasteiger partial charge in [-0.2, -0.15) is 0 Å². The molecule has 1 aliphatic rings. The number of ketones is 2. The maximum atomic E-state index is 12.8. The van der Waals surface area contributed by atoms with E-state index < -0.39 is 0 Å². The van der Waals surface area contributed by atoms with Gasteiger partial charge in [-0.1, -0.05) is 36.4 Å². The van der Waals surface area contributed by atoms with Crippen LogP contribution in [0.1, 0.15) is 76.4 Å². The maximum absolute atomic E-state index is 12.8. The lowest BCUT2D eigenvalue weighted by Crippen LogP contribution is -2.25. The first-order chi connectivity index (χ1) is 17.5. The maximum Gasteiger partial charge on any atom is 0.195 e. The summed E-state index contributed by atoms with van der Waals surface area (Å²) in [7, 11) is 0. The molecule has 0 atom stereocenters. The summed E-state index contributed by atoms with van der Waals surface area (Å²) in [6.07, 6.45) is 0. The number of aryl methyl sites for hydroxylation is 8. The molecule has 0 radical (unpaired) electrons. The third kappa shape index (κ3) is 4.99. The van der Waals surface area contributed by atoms with Gasteiger partial charge in [-0.05, 0) is 124 Å². The van der Waals surface area contributed by atoms with Crippen molar-refractivity contribution in [3.05, 3.63) is 127 Å². The monoisotopic (exact) mass is 490 g/mol. The Balaban J connectivity index is 0.000000176. The van der Waals surface area contributed by atoms with E-state index in [0.717, 1.165) is 33.8 Å². The van der Waals surface area contributed by atoms with Crippen molar-refractivity contribution in [3.8, 4) is 11.5 Å². The molecule has 0 fully saturated rings. The fourth-order valence-corrected chi connectivity index (χ4v) is 4.73. The molecule has 0 saturated heterocycles. The molecule has 0 N–H and O–H groups in total. The van der Waals surface area contributed by atoms with Gasteiger partial charge in [-0.25, -0.2) is 0 Å². The van der Waals surface area contributed by atoms with E-state index in [0.29, 0.717) is 22.3 Å². The van der Waals surface area contributed by atoms with E-state index >= 15 is 0 Å². The van der Waals surface area contributed by atoms with E-state index in [4.69, 9.17) is 4.74 Å². The van der Waals surface area contributed by atoms with Gasteiger partial charge in [0.1, 0.15) is 11.5 Å². The van der Waals surface area contributed by atoms with Gasteiger partial charge < -0.3 is 4.74 Å². The minimum absolute atomic E-state index is 0.0167. The summed E-state index contributed by atoms with van der Waals surface area (Å²) in [5.41, 5.74) is 10.9. The summed E-state index contributed by atoms with van der Waals surface area (Å²) in [5, 5.41) is 0. The van der Waals surface area contributed by atoms with Crippen LogP contribution in [-0.2, 0) is 0 Å². The Hall–Kier alpha value is -3.98. The van der Waals surface area contributed by atoms with Gasteiger partial charge in [-0.3, -0.25) is 9.59 Å². The van der Waals surface area contributed by atoms with Crippen molar-refractivity contribution < 1.29 is 14.3 Å². The lowest BCUT2D eigenvalue weighted by Gasteiger charge is -2.23. The number of hydrogen-bond acceptors (Lipinski definition) is 3. The second-order valence-corrected chi connectivity index (χ2v) is 10.2. The third-order valence-electron chi connectivity index (χ3n) is 7.34. The second kappa shape index (κ2) is 10.2. The lowest BCUT2D eigenvalue weighted by atomic mass is 9.77. The van der Waals surface area contributed by atoms with Crippen LogP contribution in [0, 0.1) is 55.4 Å². The van der Waals surface area contributed by atoms with Crippen molar-refractivity contribution in [1.29, 1.82) is 0 Å². The Labute approximate surface area is 220 Å². The van der Waals surface area contributed by atoms with E-state index in [2.05, 4.69) is 52.0 Å². The van der Waals surface area contributed by atoms with Gasteiger partial charge in [-0.15, -0.1) is 0 Å². The van der Waals surface area contributed by atoms with Gasteiger partial charge in [0.15, 0.2) is 11.6 Å². The van der Waals surface area contributed by atoms with Gasteiger partial charge in [0, 0.05) is 22.3 Å². The zero-order valence-electron chi connectivity index (χ0n) is 23.0. The minimum Gasteiger partial charge on any atom is -0.457 e. The smallest absolute Gasteiger partial charge is 0.195 e. The Morgan fingerprint density at radius 3 is 0.919 bits per heavy atom. The summed E-state index contributed by atoms with van der Waals surface area (Å²) in [6.45, 7) is 16.0. The molecule has 3 heteroatoms. The molecule has 0 unspecified atom stereocenters. The first-order valence-corrected chi connectivity index (χ1v) is 12.6. The number of fused-ring (bicyclic) bond motifs is 2. The number of benzene rings is 4. The van der Waals surface area contributed by atoms with Crippen LogP contribution in [0.2, 0.25) is 0 Å². The van der Waals surface area contributed by atoms with E-state index in [-0.39, 0.29) is 11.6 Å². The van der Waals surface area contributed by atoms with Crippen LogP contribution >= 0.6 is 0 Å².